The highest BCUT2D eigenvalue weighted by molar-refractivity contribution is 7.87. The Hall–Kier alpha value is -0.210. The van der Waals surface area contributed by atoms with Crippen molar-refractivity contribution in [2.45, 2.75) is 32.2 Å². The largest absolute Gasteiger partial charge is 0.385 e. The highest BCUT2D eigenvalue weighted by Gasteiger charge is 2.28. The number of piperidine rings is 1. The maximum absolute atomic E-state index is 12.1. The third-order valence-corrected chi connectivity index (χ3v) is 5.10. The van der Waals surface area contributed by atoms with Gasteiger partial charge in [-0.3, -0.25) is 0 Å². The molecule has 6 nitrogen and oxygen atoms in total. The molecular formula is C11H25N3O3S. The molecule has 0 aromatic heterocycles. The topological polar surface area (TPSA) is 84.7 Å². The van der Waals surface area contributed by atoms with Crippen molar-refractivity contribution in [2.75, 3.05) is 33.4 Å². The molecule has 1 heterocycles. The molecule has 18 heavy (non-hydrogen) atoms. The van der Waals surface area contributed by atoms with Crippen LogP contribution >= 0.6 is 0 Å². The van der Waals surface area contributed by atoms with Crippen LogP contribution in [0.25, 0.3) is 0 Å². The van der Waals surface area contributed by atoms with Crippen LogP contribution in [0, 0.1) is 5.92 Å². The minimum atomic E-state index is -3.36. The maximum atomic E-state index is 12.1. The van der Waals surface area contributed by atoms with E-state index in [4.69, 9.17) is 10.5 Å². The number of methoxy groups -OCH3 is 1. The average Bonchev–Trinajstić information content (AvgIpc) is 2.36. The van der Waals surface area contributed by atoms with Gasteiger partial charge in [0, 0.05) is 32.8 Å². The second-order valence-corrected chi connectivity index (χ2v) is 6.59. The maximum Gasteiger partial charge on any atom is 0.279 e. The van der Waals surface area contributed by atoms with E-state index in [9.17, 15) is 8.42 Å². The summed E-state index contributed by atoms with van der Waals surface area (Å²) in [7, 11) is -1.75. The van der Waals surface area contributed by atoms with E-state index >= 15 is 0 Å². The smallest absolute Gasteiger partial charge is 0.279 e. The number of nitrogens with two attached hydrogens (primary N) is 1. The van der Waals surface area contributed by atoms with Crippen LogP contribution in [0.3, 0.4) is 0 Å². The van der Waals surface area contributed by atoms with Crippen LogP contribution in [-0.4, -0.2) is 52.1 Å². The second-order valence-electron chi connectivity index (χ2n) is 4.88. The minimum Gasteiger partial charge on any atom is -0.385 e. The van der Waals surface area contributed by atoms with Crippen LogP contribution in [0.2, 0.25) is 0 Å². The molecule has 1 rings (SSSR count). The molecule has 0 radical (unpaired) electrons. The number of ether oxygens (including phenoxy) is 1. The summed E-state index contributed by atoms with van der Waals surface area (Å²) in [5, 5.41) is 0. The molecule has 0 amide bonds. The molecule has 1 atom stereocenters. The standard InChI is InChI=1S/C11H25N3O3S/c1-10(5-8-17-2)13-18(15,16)14-6-3-11(9-12)4-7-14/h10-11,13H,3-9,12H2,1-2H3. The zero-order valence-corrected chi connectivity index (χ0v) is 12.1. The number of rotatable bonds is 7. The first-order chi connectivity index (χ1) is 8.49. The lowest BCUT2D eigenvalue weighted by Crippen LogP contribution is -2.48. The molecule has 1 saturated heterocycles. The molecule has 0 aromatic rings. The molecule has 3 N–H and O–H groups in total. The van der Waals surface area contributed by atoms with Gasteiger partial charge in [-0.2, -0.15) is 17.4 Å². The van der Waals surface area contributed by atoms with Crippen molar-refractivity contribution in [3.63, 3.8) is 0 Å². The fraction of sp³-hybridized carbons (Fsp3) is 1.00. The molecule has 0 saturated carbocycles. The molecule has 7 heteroatoms. The molecule has 0 aliphatic carbocycles. The van der Waals surface area contributed by atoms with E-state index in [1.54, 1.807) is 7.11 Å². The van der Waals surface area contributed by atoms with Gasteiger partial charge >= 0.3 is 0 Å². The van der Waals surface area contributed by atoms with Crippen LogP contribution < -0.4 is 10.5 Å². The summed E-state index contributed by atoms with van der Waals surface area (Å²) in [4.78, 5) is 0. The molecule has 0 aromatic carbocycles. The highest BCUT2D eigenvalue weighted by Crippen LogP contribution is 2.18. The van der Waals surface area contributed by atoms with Gasteiger partial charge in [-0.1, -0.05) is 0 Å². The summed E-state index contributed by atoms with van der Waals surface area (Å²) >= 11 is 0. The lowest BCUT2D eigenvalue weighted by atomic mass is 9.99. The Kier molecular flexibility index (Phi) is 6.51. The van der Waals surface area contributed by atoms with E-state index in [0.717, 1.165) is 12.8 Å². The first-order valence-corrected chi connectivity index (χ1v) is 7.90. The van der Waals surface area contributed by atoms with Crippen LogP contribution in [0.15, 0.2) is 0 Å². The summed E-state index contributed by atoms with van der Waals surface area (Å²) in [5.41, 5.74) is 5.60. The van der Waals surface area contributed by atoms with Crippen LogP contribution in [0.1, 0.15) is 26.2 Å². The van der Waals surface area contributed by atoms with Crippen molar-refractivity contribution < 1.29 is 13.2 Å². The highest BCUT2D eigenvalue weighted by atomic mass is 32.2. The van der Waals surface area contributed by atoms with E-state index in [0.29, 0.717) is 38.6 Å². The van der Waals surface area contributed by atoms with Crippen LogP contribution in [0.5, 0.6) is 0 Å². The summed E-state index contributed by atoms with van der Waals surface area (Å²) in [6.07, 6.45) is 2.38. The molecule has 1 aliphatic heterocycles. The van der Waals surface area contributed by atoms with Gasteiger partial charge in [0.15, 0.2) is 0 Å². The zero-order chi connectivity index (χ0) is 13.6. The quantitative estimate of drug-likeness (QED) is 0.682. The third kappa shape index (κ3) is 4.81. The van der Waals surface area contributed by atoms with Crippen molar-refractivity contribution in [1.82, 2.24) is 9.03 Å². The Morgan fingerprint density at radius 3 is 2.56 bits per heavy atom. The van der Waals surface area contributed by atoms with Crippen molar-refractivity contribution in [1.29, 1.82) is 0 Å². The van der Waals surface area contributed by atoms with E-state index in [1.165, 1.54) is 4.31 Å². The summed E-state index contributed by atoms with van der Waals surface area (Å²) in [6, 6.07) is -0.109. The van der Waals surface area contributed by atoms with Gasteiger partial charge in [0.1, 0.15) is 0 Å². The predicted octanol–water partition coefficient (Wildman–Crippen LogP) is -0.0835. The molecule has 1 unspecified atom stereocenters. The van der Waals surface area contributed by atoms with E-state index in [-0.39, 0.29) is 6.04 Å². The number of hydrogen-bond donors (Lipinski definition) is 2. The van der Waals surface area contributed by atoms with E-state index in [2.05, 4.69) is 4.72 Å². The van der Waals surface area contributed by atoms with Crippen LogP contribution in [-0.2, 0) is 14.9 Å². The van der Waals surface area contributed by atoms with E-state index < -0.39 is 10.2 Å². The second kappa shape index (κ2) is 7.40. The fourth-order valence-electron chi connectivity index (χ4n) is 2.07. The summed E-state index contributed by atoms with van der Waals surface area (Å²) in [5.74, 6) is 0.461. The lowest BCUT2D eigenvalue weighted by Gasteiger charge is -2.31. The molecule has 108 valence electrons. The minimum absolute atomic E-state index is 0.109. The molecular weight excluding hydrogens is 254 g/mol. The Labute approximate surface area is 110 Å². The first-order valence-electron chi connectivity index (χ1n) is 6.46. The average molecular weight is 279 g/mol. The van der Waals surface area contributed by atoms with Gasteiger partial charge in [-0.25, -0.2) is 0 Å². The number of hydrogen-bond acceptors (Lipinski definition) is 4. The molecule has 0 spiro atoms. The number of nitrogens with one attached hydrogen (secondary N) is 1. The van der Waals surface area contributed by atoms with Gasteiger partial charge < -0.3 is 10.5 Å². The van der Waals surface area contributed by atoms with Gasteiger partial charge in [-0.15, -0.1) is 0 Å². The first kappa shape index (κ1) is 15.8. The van der Waals surface area contributed by atoms with Crippen molar-refractivity contribution in [3.05, 3.63) is 0 Å². The molecule has 1 aliphatic rings. The van der Waals surface area contributed by atoms with Gasteiger partial charge in [0.05, 0.1) is 0 Å². The van der Waals surface area contributed by atoms with Crippen LogP contribution in [0.4, 0.5) is 0 Å². The van der Waals surface area contributed by atoms with Crippen molar-refractivity contribution in [2.24, 2.45) is 11.7 Å². The van der Waals surface area contributed by atoms with E-state index in [1.807, 2.05) is 6.92 Å². The Bertz CT molecular complexity index is 326. The van der Waals surface area contributed by atoms with Gasteiger partial charge in [0.2, 0.25) is 0 Å². The summed E-state index contributed by atoms with van der Waals surface area (Å²) < 4.78 is 33.3. The Balaban J connectivity index is 2.44. The summed E-state index contributed by atoms with van der Waals surface area (Å²) in [6.45, 7) is 4.18. The normalized spacial score (nSPS) is 21.1. The Morgan fingerprint density at radius 1 is 1.44 bits per heavy atom. The molecule has 1 fully saturated rings. The number of nitrogens with zero attached hydrogens (tertiary/aromatic N) is 1. The third-order valence-electron chi connectivity index (χ3n) is 3.35. The SMILES string of the molecule is COCCC(C)NS(=O)(=O)N1CCC(CN)CC1. The van der Waals surface area contributed by atoms with Crippen molar-refractivity contribution in [3.8, 4) is 0 Å². The Morgan fingerprint density at radius 2 is 2.06 bits per heavy atom. The lowest BCUT2D eigenvalue weighted by molar-refractivity contribution is 0.187. The fourth-order valence-corrected chi connectivity index (χ4v) is 3.53. The molecule has 0 bridgehead atoms. The van der Waals surface area contributed by atoms with Gasteiger partial charge in [0.25, 0.3) is 10.2 Å². The predicted molar refractivity (Wildman–Crippen MR) is 71.4 cm³/mol. The van der Waals surface area contributed by atoms with Gasteiger partial charge in [-0.05, 0) is 38.6 Å². The monoisotopic (exact) mass is 279 g/mol. The van der Waals surface area contributed by atoms with Crippen molar-refractivity contribution >= 4 is 10.2 Å². The zero-order valence-electron chi connectivity index (χ0n) is 11.3.